The molecule has 0 aliphatic carbocycles. The molecule has 2 aromatic rings. The molecule has 2 aliphatic rings. The van der Waals surface area contributed by atoms with E-state index in [9.17, 15) is 9.18 Å². The molecule has 0 bridgehead atoms. The van der Waals surface area contributed by atoms with Crippen LogP contribution in [0, 0.1) is 18.2 Å². The SMILES string of the molecule is Cc1nc(CN2CC[C@@]3(CC(=O)N(c4cccc(F)c4)C3)C2)cs1. The van der Waals surface area contributed by atoms with Crippen LogP contribution in [0.1, 0.15) is 23.5 Å². The number of likely N-dealkylation sites (tertiary alicyclic amines) is 1. The smallest absolute Gasteiger partial charge is 0.227 e. The van der Waals surface area contributed by atoms with E-state index in [0.29, 0.717) is 18.7 Å². The van der Waals surface area contributed by atoms with E-state index in [2.05, 4.69) is 15.3 Å². The average molecular weight is 345 g/mol. The minimum Gasteiger partial charge on any atom is -0.312 e. The molecule has 4 nitrogen and oxygen atoms in total. The van der Waals surface area contributed by atoms with Gasteiger partial charge in [0, 0.05) is 42.5 Å². The number of amides is 1. The molecule has 24 heavy (non-hydrogen) atoms. The Bertz CT molecular complexity index is 777. The highest BCUT2D eigenvalue weighted by Gasteiger charge is 2.47. The molecule has 0 unspecified atom stereocenters. The lowest BCUT2D eigenvalue weighted by Crippen LogP contribution is -2.31. The van der Waals surface area contributed by atoms with Crippen molar-refractivity contribution >= 4 is 22.9 Å². The van der Waals surface area contributed by atoms with Gasteiger partial charge in [-0.1, -0.05) is 6.07 Å². The standard InChI is InChI=1S/C18H20FN3OS/c1-13-20-15(10-24-13)9-21-6-5-18(11-21)8-17(23)22(12-18)16-4-2-3-14(19)7-16/h2-4,7,10H,5-6,8-9,11-12H2,1H3/t18-/m1/s1. The summed E-state index contributed by atoms with van der Waals surface area (Å²) in [5.74, 6) is -0.194. The Labute approximate surface area is 144 Å². The summed E-state index contributed by atoms with van der Waals surface area (Å²) < 4.78 is 13.5. The lowest BCUT2D eigenvalue weighted by Gasteiger charge is -2.24. The number of aromatic nitrogens is 1. The summed E-state index contributed by atoms with van der Waals surface area (Å²) in [6.07, 6.45) is 1.56. The van der Waals surface area contributed by atoms with E-state index in [-0.39, 0.29) is 17.1 Å². The number of anilines is 1. The molecule has 6 heteroatoms. The van der Waals surface area contributed by atoms with E-state index in [1.54, 1.807) is 22.3 Å². The zero-order chi connectivity index (χ0) is 16.7. The highest BCUT2D eigenvalue weighted by atomic mass is 32.1. The second-order valence-electron chi connectivity index (χ2n) is 6.96. The zero-order valence-corrected chi connectivity index (χ0v) is 14.5. The van der Waals surface area contributed by atoms with Crippen molar-refractivity contribution in [2.75, 3.05) is 24.5 Å². The Balaban J connectivity index is 1.46. The van der Waals surface area contributed by atoms with Crippen LogP contribution in [0.3, 0.4) is 0 Å². The molecule has 0 N–H and O–H groups in total. The van der Waals surface area contributed by atoms with Crippen molar-refractivity contribution < 1.29 is 9.18 Å². The van der Waals surface area contributed by atoms with E-state index in [1.807, 2.05) is 13.0 Å². The molecular formula is C18H20FN3OS. The highest BCUT2D eigenvalue weighted by Crippen LogP contribution is 2.42. The van der Waals surface area contributed by atoms with Crippen molar-refractivity contribution in [3.8, 4) is 0 Å². The van der Waals surface area contributed by atoms with Crippen LogP contribution in [0.4, 0.5) is 10.1 Å². The number of nitrogens with zero attached hydrogens (tertiary/aromatic N) is 3. The molecular weight excluding hydrogens is 325 g/mol. The highest BCUT2D eigenvalue weighted by molar-refractivity contribution is 7.09. The van der Waals surface area contributed by atoms with Gasteiger partial charge in [-0.25, -0.2) is 9.37 Å². The minimum absolute atomic E-state index is 0.00549. The summed E-state index contributed by atoms with van der Waals surface area (Å²) in [5.41, 5.74) is 1.78. The van der Waals surface area contributed by atoms with Crippen LogP contribution in [0.25, 0.3) is 0 Å². The summed E-state index contributed by atoms with van der Waals surface area (Å²) >= 11 is 1.68. The first kappa shape index (κ1) is 15.7. The van der Waals surface area contributed by atoms with Crippen LogP contribution >= 0.6 is 11.3 Å². The number of thiazole rings is 1. The van der Waals surface area contributed by atoms with Crippen molar-refractivity contribution in [1.82, 2.24) is 9.88 Å². The Morgan fingerprint density at radius 3 is 3.00 bits per heavy atom. The van der Waals surface area contributed by atoms with Crippen molar-refractivity contribution in [3.05, 3.63) is 46.2 Å². The average Bonchev–Trinajstić information content (AvgIpc) is 3.21. The molecule has 1 aromatic heterocycles. The van der Waals surface area contributed by atoms with E-state index in [0.717, 1.165) is 36.8 Å². The fraction of sp³-hybridized carbons (Fsp3) is 0.444. The van der Waals surface area contributed by atoms with Gasteiger partial charge >= 0.3 is 0 Å². The summed E-state index contributed by atoms with van der Waals surface area (Å²) in [4.78, 5) is 21.2. The number of carbonyl (C=O) groups excluding carboxylic acids is 1. The number of aryl methyl sites for hydroxylation is 1. The Morgan fingerprint density at radius 1 is 1.38 bits per heavy atom. The molecule has 2 saturated heterocycles. The van der Waals surface area contributed by atoms with E-state index in [4.69, 9.17) is 0 Å². The number of carbonyl (C=O) groups is 1. The monoisotopic (exact) mass is 345 g/mol. The van der Waals surface area contributed by atoms with Gasteiger partial charge in [-0.2, -0.15) is 0 Å². The molecule has 4 rings (SSSR count). The third-order valence-electron chi connectivity index (χ3n) is 5.01. The van der Waals surface area contributed by atoms with Crippen LogP contribution in [-0.2, 0) is 11.3 Å². The number of hydrogen-bond donors (Lipinski definition) is 0. The van der Waals surface area contributed by atoms with Crippen LogP contribution in [0.5, 0.6) is 0 Å². The van der Waals surface area contributed by atoms with Gasteiger partial charge in [0.05, 0.1) is 10.7 Å². The van der Waals surface area contributed by atoms with Gasteiger partial charge in [0.2, 0.25) is 5.91 Å². The molecule has 3 heterocycles. The first-order chi connectivity index (χ1) is 11.5. The maximum Gasteiger partial charge on any atom is 0.227 e. The van der Waals surface area contributed by atoms with Gasteiger partial charge in [0.1, 0.15) is 5.82 Å². The van der Waals surface area contributed by atoms with Crippen molar-refractivity contribution in [2.45, 2.75) is 26.3 Å². The predicted octanol–water partition coefficient (Wildman–Crippen LogP) is 3.22. The summed E-state index contributed by atoms with van der Waals surface area (Å²) in [5, 5.41) is 3.20. The van der Waals surface area contributed by atoms with Gasteiger partial charge in [-0.3, -0.25) is 9.69 Å². The van der Waals surface area contributed by atoms with E-state index in [1.165, 1.54) is 12.1 Å². The van der Waals surface area contributed by atoms with Crippen molar-refractivity contribution in [3.63, 3.8) is 0 Å². The molecule has 1 atom stereocenters. The molecule has 0 saturated carbocycles. The van der Waals surface area contributed by atoms with Gasteiger partial charge in [0.15, 0.2) is 0 Å². The van der Waals surface area contributed by atoms with Crippen molar-refractivity contribution in [1.29, 1.82) is 0 Å². The Morgan fingerprint density at radius 2 is 2.25 bits per heavy atom. The largest absolute Gasteiger partial charge is 0.312 e. The third kappa shape index (κ3) is 2.96. The second-order valence-corrected chi connectivity index (χ2v) is 8.02. The molecule has 126 valence electrons. The van der Waals surface area contributed by atoms with Gasteiger partial charge in [-0.15, -0.1) is 11.3 Å². The number of rotatable bonds is 3. The first-order valence-electron chi connectivity index (χ1n) is 8.22. The van der Waals surface area contributed by atoms with Crippen molar-refractivity contribution in [2.24, 2.45) is 5.41 Å². The van der Waals surface area contributed by atoms with Gasteiger partial charge < -0.3 is 4.90 Å². The topological polar surface area (TPSA) is 36.4 Å². The lowest BCUT2D eigenvalue weighted by molar-refractivity contribution is -0.117. The predicted molar refractivity (Wildman–Crippen MR) is 92.5 cm³/mol. The van der Waals surface area contributed by atoms with Crippen LogP contribution in [0.2, 0.25) is 0 Å². The van der Waals surface area contributed by atoms with Crippen LogP contribution in [-0.4, -0.2) is 35.4 Å². The van der Waals surface area contributed by atoms with E-state index >= 15 is 0 Å². The fourth-order valence-corrected chi connectivity index (χ4v) is 4.52. The quantitative estimate of drug-likeness (QED) is 0.857. The molecule has 0 radical (unpaired) electrons. The maximum absolute atomic E-state index is 13.5. The van der Waals surface area contributed by atoms with Crippen LogP contribution in [0.15, 0.2) is 29.6 Å². The maximum atomic E-state index is 13.5. The van der Waals surface area contributed by atoms with E-state index < -0.39 is 0 Å². The number of hydrogen-bond acceptors (Lipinski definition) is 4. The second kappa shape index (κ2) is 5.93. The summed E-state index contributed by atoms with van der Waals surface area (Å²) in [6, 6.07) is 6.33. The van der Waals surface area contributed by atoms with Crippen LogP contribution < -0.4 is 4.90 Å². The molecule has 2 fully saturated rings. The van der Waals surface area contributed by atoms with Gasteiger partial charge in [-0.05, 0) is 38.1 Å². The minimum atomic E-state index is -0.298. The van der Waals surface area contributed by atoms with Gasteiger partial charge in [0.25, 0.3) is 0 Å². The molecule has 1 aromatic carbocycles. The third-order valence-corrected chi connectivity index (χ3v) is 5.83. The number of benzene rings is 1. The zero-order valence-electron chi connectivity index (χ0n) is 13.7. The molecule has 2 aliphatic heterocycles. The summed E-state index contributed by atoms with van der Waals surface area (Å²) in [7, 11) is 0. The number of halogens is 1. The molecule has 1 amide bonds. The fourth-order valence-electron chi connectivity index (χ4n) is 3.92. The first-order valence-corrected chi connectivity index (χ1v) is 9.10. The Kier molecular flexibility index (Phi) is 3.89. The molecule has 1 spiro atoms. The normalized spacial score (nSPS) is 24.4. The lowest BCUT2D eigenvalue weighted by atomic mass is 9.86. The Hall–Kier alpha value is -1.79. The summed E-state index contributed by atoms with van der Waals surface area (Å²) in [6.45, 7) is 5.44.